The first-order valence-corrected chi connectivity index (χ1v) is 8.56. The number of hydrogen-bond donors (Lipinski definition) is 1. The minimum Gasteiger partial charge on any atom is -0.316 e. The Hall–Kier alpha value is -0.820. The van der Waals surface area contributed by atoms with Crippen molar-refractivity contribution in [2.75, 3.05) is 13.1 Å². The third-order valence-corrected chi connectivity index (χ3v) is 4.85. The maximum atomic E-state index is 3.69. The van der Waals surface area contributed by atoms with Crippen LogP contribution in [-0.4, -0.2) is 13.1 Å². The Morgan fingerprint density at radius 2 is 1.60 bits per heavy atom. The molecule has 0 saturated heterocycles. The molecule has 0 bridgehead atoms. The Kier molecular flexibility index (Phi) is 6.09. The van der Waals surface area contributed by atoms with E-state index in [0.29, 0.717) is 5.41 Å². The van der Waals surface area contributed by atoms with E-state index in [1.165, 1.54) is 62.6 Å². The van der Waals surface area contributed by atoms with Gasteiger partial charge in [-0.15, -0.1) is 0 Å². The summed E-state index contributed by atoms with van der Waals surface area (Å²) < 4.78 is 0. The molecule has 1 N–H and O–H groups in total. The molecule has 1 aromatic rings. The zero-order valence-electron chi connectivity index (χ0n) is 13.4. The van der Waals surface area contributed by atoms with Gasteiger partial charge in [-0.2, -0.15) is 0 Å². The molecule has 112 valence electrons. The molecule has 0 amide bonds. The molecule has 0 atom stereocenters. The van der Waals surface area contributed by atoms with E-state index in [4.69, 9.17) is 0 Å². The van der Waals surface area contributed by atoms with Crippen LogP contribution in [0.25, 0.3) is 0 Å². The van der Waals surface area contributed by atoms with Gasteiger partial charge in [0.1, 0.15) is 0 Å². The molecule has 1 saturated carbocycles. The lowest BCUT2D eigenvalue weighted by molar-refractivity contribution is 0.181. The second-order valence-corrected chi connectivity index (χ2v) is 6.58. The second kappa shape index (κ2) is 7.83. The van der Waals surface area contributed by atoms with Crippen molar-refractivity contribution in [1.82, 2.24) is 5.32 Å². The lowest BCUT2D eigenvalue weighted by Crippen LogP contribution is -2.38. The highest BCUT2D eigenvalue weighted by Crippen LogP contribution is 2.38. The number of nitrogens with one attached hydrogen (secondary N) is 1. The predicted molar refractivity (Wildman–Crippen MR) is 88.2 cm³/mol. The summed E-state index contributed by atoms with van der Waals surface area (Å²) in [6.07, 6.45) is 10.7. The average molecular weight is 273 g/mol. The molecule has 2 rings (SSSR count). The van der Waals surface area contributed by atoms with Crippen molar-refractivity contribution in [3.8, 4) is 0 Å². The normalized spacial score (nSPS) is 18.1. The van der Waals surface area contributed by atoms with E-state index in [9.17, 15) is 0 Å². The van der Waals surface area contributed by atoms with Crippen LogP contribution in [0.4, 0.5) is 0 Å². The highest BCUT2D eigenvalue weighted by Gasteiger charge is 2.31. The first-order chi connectivity index (χ1) is 9.78. The predicted octanol–water partition coefficient (Wildman–Crippen LogP) is 4.74. The summed E-state index contributed by atoms with van der Waals surface area (Å²) in [4.78, 5) is 0. The molecule has 0 heterocycles. The molecular weight excluding hydrogens is 242 g/mol. The van der Waals surface area contributed by atoms with Gasteiger partial charge in [-0.3, -0.25) is 0 Å². The minimum atomic E-state index is 0.515. The van der Waals surface area contributed by atoms with Crippen molar-refractivity contribution in [2.24, 2.45) is 5.41 Å². The highest BCUT2D eigenvalue weighted by molar-refractivity contribution is 5.23. The number of benzene rings is 1. The summed E-state index contributed by atoms with van der Waals surface area (Å²) in [5, 5.41) is 3.69. The Labute approximate surface area is 125 Å². The molecule has 1 aromatic carbocycles. The van der Waals surface area contributed by atoms with Crippen molar-refractivity contribution in [3.63, 3.8) is 0 Å². The summed E-state index contributed by atoms with van der Waals surface area (Å²) in [7, 11) is 0. The third kappa shape index (κ3) is 4.34. The monoisotopic (exact) mass is 273 g/mol. The quantitative estimate of drug-likeness (QED) is 0.707. The van der Waals surface area contributed by atoms with E-state index in [1.54, 1.807) is 0 Å². The van der Waals surface area contributed by atoms with Crippen LogP contribution >= 0.6 is 0 Å². The van der Waals surface area contributed by atoms with Gasteiger partial charge < -0.3 is 5.32 Å². The Morgan fingerprint density at radius 1 is 0.950 bits per heavy atom. The van der Waals surface area contributed by atoms with Gasteiger partial charge in [0.2, 0.25) is 0 Å². The van der Waals surface area contributed by atoms with E-state index in [-0.39, 0.29) is 0 Å². The molecule has 20 heavy (non-hydrogen) atoms. The summed E-state index contributed by atoms with van der Waals surface area (Å²) in [5.41, 5.74) is 3.50. The molecule has 1 nitrogen and oxygen atoms in total. The number of rotatable bonds is 7. The summed E-state index contributed by atoms with van der Waals surface area (Å²) >= 11 is 0. The molecule has 0 radical (unpaired) electrons. The van der Waals surface area contributed by atoms with E-state index in [0.717, 1.165) is 13.0 Å². The zero-order chi connectivity index (χ0) is 14.3. The van der Waals surface area contributed by atoms with E-state index in [1.807, 2.05) is 0 Å². The maximum Gasteiger partial charge on any atom is 0.00110 e. The number of hydrogen-bond acceptors (Lipinski definition) is 1. The van der Waals surface area contributed by atoms with Gasteiger partial charge in [0.15, 0.2) is 0 Å². The summed E-state index contributed by atoms with van der Waals surface area (Å²) in [5.74, 6) is 0. The topological polar surface area (TPSA) is 12.0 Å². The average Bonchev–Trinajstić information content (AvgIpc) is 2.49. The molecular formula is C19H31N. The molecule has 0 aromatic heterocycles. The molecule has 1 fully saturated rings. The van der Waals surface area contributed by atoms with Gasteiger partial charge in [-0.05, 0) is 55.2 Å². The van der Waals surface area contributed by atoms with Crippen LogP contribution in [0.3, 0.4) is 0 Å². The van der Waals surface area contributed by atoms with Crippen molar-refractivity contribution in [2.45, 2.75) is 65.2 Å². The molecule has 1 heteroatoms. The maximum absolute atomic E-state index is 3.69. The van der Waals surface area contributed by atoms with Crippen LogP contribution in [0, 0.1) is 5.41 Å². The van der Waals surface area contributed by atoms with Crippen molar-refractivity contribution < 1.29 is 0 Å². The fraction of sp³-hybridized carbons (Fsp3) is 0.684. The van der Waals surface area contributed by atoms with Crippen LogP contribution in [0.1, 0.15) is 63.5 Å². The minimum absolute atomic E-state index is 0.515. The van der Waals surface area contributed by atoms with Crippen LogP contribution in [0.5, 0.6) is 0 Å². The van der Waals surface area contributed by atoms with Crippen LogP contribution < -0.4 is 5.32 Å². The van der Waals surface area contributed by atoms with Crippen molar-refractivity contribution >= 4 is 0 Å². The Morgan fingerprint density at radius 3 is 2.20 bits per heavy atom. The van der Waals surface area contributed by atoms with E-state index >= 15 is 0 Å². The standard InChI is InChI=1S/C19H31N/c1-3-14-20-16-19(12-6-5-7-13-19)15-18-10-8-17(4-2)9-11-18/h8-11,20H,3-7,12-16H2,1-2H3. The molecule has 0 unspecified atom stereocenters. The molecule has 1 aliphatic rings. The largest absolute Gasteiger partial charge is 0.316 e. The summed E-state index contributed by atoms with van der Waals surface area (Å²) in [6, 6.07) is 9.33. The van der Waals surface area contributed by atoms with Crippen LogP contribution in [-0.2, 0) is 12.8 Å². The Bertz CT molecular complexity index is 373. The summed E-state index contributed by atoms with van der Waals surface area (Å²) in [6.45, 7) is 6.85. The third-order valence-electron chi connectivity index (χ3n) is 4.85. The number of aryl methyl sites for hydroxylation is 1. The fourth-order valence-corrected chi connectivity index (χ4v) is 3.57. The second-order valence-electron chi connectivity index (χ2n) is 6.58. The highest BCUT2D eigenvalue weighted by atomic mass is 14.9. The van der Waals surface area contributed by atoms with Gasteiger partial charge in [0.25, 0.3) is 0 Å². The Balaban J connectivity index is 2.01. The van der Waals surface area contributed by atoms with Crippen molar-refractivity contribution in [1.29, 1.82) is 0 Å². The van der Waals surface area contributed by atoms with Gasteiger partial charge >= 0.3 is 0 Å². The smallest absolute Gasteiger partial charge is 0.00110 e. The van der Waals surface area contributed by atoms with Gasteiger partial charge in [0, 0.05) is 6.54 Å². The van der Waals surface area contributed by atoms with E-state index < -0.39 is 0 Å². The van der Waals surface area contributed by atoms with Gasteiger partial charge in [0.05, 0.1) is 0 Å². The van der Waals surface area contributed by atoms with Crippen molar-refractivity contribution in [3.05, 3.63) is 35.4 Å². The molecule has 0 spiro atoms. The molecule has 1 aliphatic carbocycles. The lowest BCUT2D eigenvalue weighted by atomic mass is 9.70. The first kappa shape index (κ1) is 15.6. The van der Waals surface area contributed by atoms with Crippen LogP contribution in [0.2, 0.25) is 0 Å². The van der Waals surface area contributed by atoms with Crippen LogP contribution in [0.15, 0.2) is 24.3 Å². The zero-order valence-corrected chi connectivity index (χ0v) is 13.4. The lowest BCUT2D eigenvalue weighted by Gasteiger charge is -2.38. The van der Waals surface area contributed by atoms with E-state index in [2.05, 4.69) is 43.4 Å². The fourth-order valence-electron chi connectivity index (χ4n) is 3.57. The van der Waals surface area contributed by atoms with Gasteiger partial charge in [-0.1, -0.05) is 57.4 Å². The molecule has 0 aliphatic heterocycles. The van der Waals surface area contributed by atoms with Gasteiger partial charge in [-0.25, -0.2) is 0 Å². The SMILES string of the molecule is CCCNCC1(Cc2ccc(CC)cc2)CCCCC1. The first-order valence-electron chi connectivity index (χ1n) is 8.56.